The molecule has 78 valence electrons. The number of aromatic nitrogens is 2. The number of nitrogens with zero attached hydrogens (tertiary/aromatic N) is 1. The Labute approximate surface area is 87.7 Å². The van der Waals surface area contributed by atoms with Gasteiger partial charge in [0.25, 0.3) is 0 Å². The second-order valence-corrected chi connectivity index (χ2v) is 3.38. The standard InChI is InChI=1S/C11H13N3O/c12-11-7-10(13-14-11)9-3-1-2-8(6-9)4-5-15/h1-3,6-7,15H,4-5H2,(H3,12,13,14). The second kappa shape index (κ2) is 4.14. The predicted octanol–water partition coefficient (Wildman–Crippen LogP) is 1.19. The third-order valence-electron chi connectivity index (χ3n) is 2.24. The molecule has 1 heterocycles. The minimum atomic E-state index is 0.161. The van der Waals surface area contributed by atoms with E-state index in [2.05, 4.69) is 10.2 Å². The number of hydrogen-bond acceptors (Lipinski definition) is 3. The summed E-state index contributed by atoms with van der Waals surface area (Å²) in [4.78, 5) is 0. The third-order valence-corrected chi connectivity index (χ3v) is 2.24. The van der Waals surface area contributed by atoms with Gasteiger partial charge in [-0.15, -0.1) is 0 Å². The van der Waals surface area contributed by atoms with E-state index in [1.165, 1.54) is 0 Å². The largest absolute Gasteiger partial charge is 0.396 e. The van der Waals surface area contributed by atoms with Crippen LogP contribution in [0.15, 0.2) is 30.3 Å². The number of H-pyrrole nitrogens is 1. The Kier molecular flexibility index (Phi) is 2.69. The molecule has 1 aromatic carbocycles. The third kappa shape index (κ3) is 2.16. The first-order valence-corrected chi connectivity index (χ1v) is 4.80. The zero-order chi connectivity index (χ0) is 10.7. The van der Waals surface area contributed by atoms with Gasteiger partial charge in [0.05, 0.1) is 5.69 Å². The van der Waals surface area contributed by atoms with Gasteiger partial charge in [-0.05, 0) is 23.6 Å². The van der Waals surface area contributed by atoms with E-state index in [-0.39, 0.29) is 6.61 Å². The molecule has 0 aliphatic rings. The molecule has 4 nitrogen and oxygen atoms in total. The number of benzene rings is 1. The maximum absolute atomic E-state index is 8.85. The van der Waals surface area contributed by atoms with Crippen LogP contribution in [0, 0.1) is 0 Å². The molecule has 15 heavy (non-hydrogen) atoms. The van der Waals surface area contributed by atoms with Crippen LogP contribution >= 0.6 is 0 Å². The molecule has 0 unspecified atom stereocenters. The van der Waals surface area contributed by atoms with Gasteiger partial charge in [0.15, 0.2) is 0 Å². The molecule has 1 aromatic heterocycles. The monoisotopic (exact) mass is 203 g/mol. The average Bonchev–Trinajstić information content (AvgIpc) is 2.66. The van der Waals surface area contributed by atoms with Crippen LogP contribution < -0.4 is 5.73 Å². The van der Waals surface area contributed by atoms with E-state index in [0.717, 1.165) is 16.8 Å². The maximum atomic E-state index is 8.85. The number of anilines is 1. The molecular weight excluding hydrogens is 190 g/mol. The van der Waals surface area contributed by atoms with Crippen LogP contribution in [0.1, 0.15) is 5.56 Å². The van der Waals surface area contributed by atoms with E-state index >= 15 is 0 Å². The summed E-state index contributed by atoms with van der Waals surface area (Å²) in [5.74, 6) is 0.484. The molecule has 0 fully saturated rings. The molecule has 4 heteroatoms. The second-order valence-electron chi connectivity index (χ2n) is 3.38. The Morgan fingerprint density at radius 1 is 1.33 bits per heavy atom. The first-order chi connectivity index (χ1) is 7.29. The Morgan fingerprint density at radius 3 is 2.87 bits per heavy atom. The summed E-state index contributed by atoms with van der Waals surface area (Å²) in [6.07, 6.45) is 0.664. The maximum Gasteiger partial charge on any atom is 0.145 e. The fourth-order valence-electron chi connectivity index (χ4n) is 1.51. The number of nitrogen functional groups attached to an aromatic ring is 1. The highest BCUT2D eigenvalue weighted by molar-refractivity contribution is 5.62. The number of rotatable bonds is 3. The zero-order valence-corrected chi connectivity index (χ0v) is 8.27. The highest BCUT2D eigenvalue weighted by atomic mass is 16.2. The van der Waals surface area contributed by atoms with Crippen LogP contribution in [0.2, 0.25) is 0 Å². The number of nitrogens with two attached hydrogens (primary N) is 1. The van der Waals surface area contributed by atoms with Crippen LogP contribution in [0.5, 0.6) is 0 Å². The van der Waals surface area contributed by atoms with Gasteiger partial charge < -0.3 is 10.8 Å². The van der Waals surface area contributed by atoms with Gasteiger partial charge in [-0.25, -0.2) is 0 Å². The molecule has 4 N–H and O–H groups in total. The number of aliphatic hydroxyl groups excluding tert-OH is 1. The molecule has 2 aromatic rings. The van der Waals surface area contributed by atoms with Crippen molar-refractivity contribution in [3.8, 4) is 11.3 Å². The Balaban J connectivity index is 2.32. The number of aromatic amines is 1. The van der Waals surface area contributed by atoms with Crippen molar-refractivity contribution in [1.82, 2.24) is 10.2 Å². The van der Waals surface area contributed by atoms with Crippen molar-refractivity contribution in [1.29, 1.82) is 0 Å². The minimum Gasteiger partial charge on any atom is -0.396 e. The minimum absolute atomic E-state index is 0.161. The van der Waals surface area contributed by atoms with E-state index in [1.54, 1.807) is 6.07 Å². The summed E-state index contributed by atoms with van der Waals surface area (Å²) in [6.45, 7) is 0.161. The van der Waals surface area contributed by atoms with E-state index in [9.17, 15) is 0 Å². The Morgan fingerprint density at radius 2 is 2.20 bits per heavy atom. The predicted molar refractivity (Wildman–Crippen MR) is 59.2 cm³/mol. The zero-order valence-electron chi connectivity index (χ0n) is 8.27. The van der Waals surface area contributed by atoms with E-state index in [1.807, 2.05) is 24.3 Å². The molecule has 0 radical (unpaired) electrons. The van der Waals surface area contributed by atoms with Gasteiger partial charge in [-0.3, -0.25) is 5.10 Å². The molecule has 0 aliphatic carbocycles. The summed E-state index contributed by atoms with van der Waals surface area (Å²) >= 11 is 0. The molecule has 0 saturated carbocycles. The SMILES string of the molecule is Nc1cc(-c2cccc(CCO)c2)[nH]n1. The lowest BCUT2D eigenvalue weighted by Gasteiger charge is -2.01. The first-order valence-electron chi connectivity index (χ1n) is 4.80. The van der Waals surface area contributed by atoms with Gasteiger partial charge in [0.2, 0.25) is 0 Å². The smallest absolute Gasteiger partial charge is 0.145 e. The summed E-state index contributed by atoms with van der Waals surface area (Å²) < 4.78 is 0. The molecule has 0 bridgehead atoms. The first kappa shape index (κ1) is 9.73. The van der Waals surface area contributed by atoms with Crippen molar-refractivity contribution in [2.45, 2.75) is 6.42 Å². The van der Waals surface area contributed by atoms with Gasteiger partial charge in [0.1, 0.15) is 5.82 Å². The summed E-state index contributed by atoms with van der Waals surface area (Å²) in [6, 6.07) is 9.73. The number of hydrogen-bond donors (Lipinski definition) is 3. The normalized spacial score (nSPS) is 10.5. The van der Waals surface area contributed by atoms with Gasteiger partial charge in [-0.1, -0.05) is 18.2 Å². The van der Waals surface area contributed by atoms with Crippen LogP contribution in [0.4, 0.5) is 5.82 Å². The fraction of sp³-hybridized carbons (Fsp3) is 0.182. The van der Waals surface area contributed by atoms with Crippen LogP contribution in [0.3, 0.4) is 0 Å². The number of aliphatic hydroxyl groups is 1. The van der Waals surface area contributed by atoms with Crippen molar-refractivity contribution < 1.29 is 5.11 Å². The van der Waals surface area contributed by atoms with Gasteiger partial charge in [-0.2, -0.15) is 5.10 Å². The van der Waals surface area contributed by atoms with E-state index < -0.39 is 0 Å². The molecule has 2 rings (SSSR count). The van der Waals surface area contributed by atoms with Crippen molar-refractivity contribution in [3.63, 3.8) is 0 Å². The molecule has 0 amide bonds. The molecule has 0 aliphatic heterocycles. The summed E-state index contributed by atoms with van der Waals surface area (Å²) in [7, 11) is 0. The van der Waals surface area contributed by atoms with E-state index in [0.29, 0.717) is 12.2 Å². The van der Waals surface area contributed by atoms with Gasteiger partial charge >= 0.3 is 0 Å². The highest BCUT2D eigenvalue weighted by Crippen LogP contribution is 2.19. The lowest BCUT2D eigenvalue weighted by atomic mass is 10.1. The lowest BCUT2D eigenvalue weighted by Crippen LogP contribution is -1.90. The van der Waals surface area contributed by atoms with Crippen molar-refractivity contribution >= 4 is 5.82 Å². The Hall–Kier alpha value is -1.81. The highest BCUT2D eigenvalue weighted by Gasteiger charge is 2.01. The molecular formula is C11H13N3O. The molecule has 0 atom stereocenters. The summed E-state index contributed by atoms with van der Waals surface area (Å²) in [5, 5.41) is 15.6. The summed E-state index contributed by atoms with van der Waals surface area (Å²) in [5.41, 5.74) is 8.56. The van der Waals surface area contributed by atoms with Crippen molar-refractivity contribution in [3.05, 3.63) is 35.9 Å². The Bertz CT molecular complexity index is 451. The van der Waals surface area contributed by atoms with Gasteiger partial charge in [0, 0.05) is 12.7 Å². The average molecular weight is 203 g/mol. The van der Waals surface area contributed by atoms with Crippen LogP contribution in [0.25, 0.3) is 11.3 Å². The number of nitrogens with one attached hydrogen (secondary N) is 1. The van der Waals surface area contributed by atoms with Crippen LogP contribution in [-0.2, 0) is 6.42 Å². The van der Waals surface area contributed by atoms with Crippen LogP contribution in [-0.4, -0.2) is 21.9 Å². The quantitative estimate of drug-likeness (QED) is 0.701. The molecule has 0 saturated heterocycles. The van der Waals surface area contributed by atoms with E-state index in [4.69, 9.17) is 10.8 Å². The van der Waals surface area contributed by atoms with Crippen molar-refractivity contribution in [2.24, 2.45) is 0 Å². The lowest BCUT2D eigenvalue weighted by molar-refractivity contribution is 0.299. The topological polar surface area (TPSA) is 74.9 Å². The van der Waals surface area contributed by atoms with Crippen molar-refractivity contribution in [2.75, 3.05) is 12.3 Å². The molecule has 0 spiro atoms. The fourth-order valence-corrected chi connectivity index (χ4v) is 1.51.